The Morgan fingerprint density at radius 1 is 1.04 bits per heavy atom. The van der Waals surface area contributed by atoms with Gasteiger partial charge in [0.2, 0.25) is 0 Å². The molecule has 0 bridgehead atoms. The van der Waals surface area contributed by atoms with E-state index in [9.17, 15) is 5.11 Å². The van der Waals surface area contributed by atoms with Crippen molar-refractivity contribution in [3.8, 4) is 0 Å². The molecule has 4 nitrogen and oxygen atoms in total. The molecule has 1 aliphatic heterocycles. The molecule has 1 fully saturated rings. The molecule has 2 unspecified atom stereocenters. The van der Waals surface area contributed by atoms with Gasteiger partial charge in [-0.05, 0) is 17.5 Å². The minimum Gasteiger partial charge on any atom is -0.394 e. The summed E-state index contributed by atoms with van der Waals surface area (Å²) in [5.74, 6) is 0.943. The van der Waals surface area contributed by atoms with Crippen molar-refractivity contribution in [2.45, 2.75) is 18.5 Å². The molecule has 1 aliphatic rings. The highest BCUT2D eigenvalue weighted by Gasteiger charge is 2.32. The Labute approximate surface area is 144 Å². The Balaban J connectivity index is 1.78. The van der Waals surface area contributed by atoms with Crippen molar-refractivity contribution in [2.75, 3.05) is 27.2 Å². The van der Waals surface area contributed by atoms with E-state index in [1.54, 1.807) is 0 Å². The molecule has 2 aromatic rings. The van der Waals surface area contributed by atoms with Gasteiger partial charge in [0.1, 0.15) is 0 Å². The van der Waals surface area contributed by atoms with Gasteiger partial charge in [0, 0.05) is 20.6 Å². The van der Waals surface area contributed by atoms with Crippen molar-refractivity contribution >= 4 is 5.96 Å². The SMILES string of the molecule is CN1CC(c2ccccc2)N(C)/C1=N/C(CO)Cc1ccccc1. The molecule has 0 saturated carbocycles. The summed E-state index contributed by atoms with van der Waals surface area (Å²) >= 11 is 0. The van der Waals surface area contributed by atoms with E-state index in [1.165, 1.54) is 11.1 Å². The lowest BCUT2D eigenvalue weighted by Crippen LogP contribution is -2.32. The first-order chi connectivity index (χ1) is 11.7. The number of rotatable bonds is 5. The molecule has 0 radical (unpaired) electrons. The average molecular weight is 323 g/mol. The summed E-state index contributed by atoms with van der Waals surface area (Å²) in [7, 11) is 4.15. The lowest BCUT2D eigenvalue weighted by Gasteiger charge is -2.22. The van der Waals surface area contributed by atoms with Crippen molar-refractivity contribution in [1.29, 1.82) is 0 Å². The second-order valence-corrected chi connectivity index (χ2v) is 6.37. The number of nitrogens with zero attached hydrogens (tertiary/aromatic N) is 3. The van der Waals surface area contributed by atoms with E-state index < -0.39 is 0 Å². The third-order valence-electron chi connectivity index (χ3n) is 4.58. The van der Waals surface area contributed by atoms with Gasteiger partial charge in [-0.15, -0.1) is 0 Å². The van der Waals surface area contributed by atoms with E-state index >= 15 is 0 Å². The Morgan fingerprint density at radius 2 is 1.67 bits per heavy atom. The topological polar surface area (TPSA) is 39.1 Å². The maximum atomic E-state index is 9.76. The van der Waals surface area contributed by atoms with Crippen LogP contribution in [0.25, 0.3) is 0 Å². The smallest absolute Gasteiger partial charge is 0.197 e. The molecule has 24 heavy (non-hydrogen) atoms. The van der Waals surface area contributed by atoms with Crippen LogP contribution in [0, 0.1) is 0 Å². The summed E-state index contributed by atoms with van der Waals surface area (Å²) in [6, 6.07) is 20.9. The largest absolute Gasteiger partial charge is 0.394 e. The second kappa shape index (κ2) is 7.49. The molecule has 0 amide bonds. The molecule has 2 atom stereocenters. The van der Waals surface area contributed by atoms with E-state index in [2.05, 4.69) is 60.3 Å². The second-order valence-electron chi connectivity index (χ2n) is 6.37. The number of guanidine groups is 1. The van der Waals surface area contributed by atoms with Gasteiger partial charge < -0.3 is 14.9 Å². The first-order valence-electron chi connectivity index (χ1n) is 8.40. The minimum atomic E-state index is -0.123. The molecule has 1 N–H and O–H groups in total. The first-order valence-corrected chi connectivity index (χ1v) is 8.40. The zero-order valence-corrected chi connectivity index (χ0v) is 14.3. The van der Waals surface area contributed by atoms with Crippen molar-refractivity contribution in [2.24, 2.45) is 4.99 Å². The van der Waals surface area contributed by atoms with Gasteiger partial charge in [0.15, 0.2) is 5.96 Å². The van der Waals surface area contributed by atoms with Crippen molar-refractivity contribution in [1.82, 2.24) is 9.80 Å². The molecule has 2 aromatic carbocycles. The van der Waals surface area contributed by atoms with Crippen LogP contribution in [0.3, 0.4) is 0 Å². The van der Waals surface area contributed by atoms with Crippen LogP contribution in [0.5, 0.6) is 0 Å². The summed E-state index contributed by atoms with van der Waals surface area (Å²) in [5.41, 5.74) is 2.49. The zero-order valence-electron chi connectivity index (χ0n) is 14.3. The van der Waals surface area contributed by atoms with Crippen LogP contribution in [0.4, 0.5) is 0 Å². The number of aliphatic imine (C=N–C) groups is 1. The normalized spacial score (nSPS) is 20.6. The highest BCUT2D eigenvalue weighted by atomic mass is 16.3. The van der Waals surface area contributed by atoms with E-state index in [1.807, 2.05) is 24.3 Å². The maximum Gasteiger partial charge on any atom is 0.197 e. The number of aliphatic hydroxyl groups is 1. The highest BCUT2D eigenvalue weighted by molar-refractivity contribution is 5.82. The van der Waals surface area contributed by atoms with E-state index in [0.29, 0.717) is 6.04 Å². The van der Waals surface area contributed by atoms with Crippen LogP contribution < -0.4 is 0 Å². The summed E-state index contributed by atoms with van der Waals surface area (Å²) < 4.78 is 0. The van der Waals surface area contributed by atoms with E-state index in [4.69, 9.17) is 4.99 Å². The molecule has 4 heteroatoms. The fourth-order valence-corrected chi connectivity index (χ4v) is 3.27. The van der Waals surface area contributed by atoms with E-state index in [0.717, 1.165) is 18.9 Å². The standard InChI is InChI=1S/C20H25N3O/c1-22-14-19(17-11-7-4-8-12-17)23(2)20(22)21-18(15-24)13-16-9-5-3-6-10-16/h3-12,18-19,24H,13-15H2,1-2H3/b21-20+. The van der Waals surface area contributed by atoms with Crippen LogP contribution in [0.15, 0.2) is 65.7 Å². The minimum absolute atomic E-state index is 0.0517. The molecule has 1 heterocycles. The molecule has 1 saturated heterocycles. The Bertz CT molecular complexity index is 672. The van der Waals surface area contributed by atoms with Gasteiger partial charge in [0.25, 0.3) is 0 Å². The quantitative estimate of drug-likeness (QED) is 0.919. The monoisotopic (exact) mass is 323 g/mol. The molecule has 126 valence electrons. The van der Waals surface area contributed by atoms with Crippen molar-refractivity contribution < 1.29 is 5.11 Å². The predicted molar refractivity (Wildman–Crippen MR) is 98.0 cm³/mol. The van der Waals surface area contributed by atoms with Crippen molar-refractivity contribution in [3.63, 3.8) is 0 Å². The fraction of sp³-hybridized carbons (Fsp3) is 0.350. The van der Waals surface area contributed by atoms with Gasteiger partial charge >= 0.3 is 0 Å². The number of aliphatic hydroxyl groups excluding tert-OH is 1. The van der Waals surface area contributed by atoms with Gasteiger partial charge in [-0.3, -0.25) is 0 Å². The number of hydrogen-bond acceptors (Lipinski definition) is 2. The number of hydrogen-bond donors (Lipinski definition) is 1. The Kier molecular flexibility index (Phi) is 5.16. The molecular formula is C20H25N3O. The van der Waals surface area contributed by atoms with Gasteiger partial charge in [0.05, 0.1) is 18.7 Å². The lowest BCUT2D eigenvalue weighted by molar-refractivity contribution is 0.264. The van der Waals surface area contributed by atoms with Crippen molar-refractivity contribution in [3.05, 3.63) is 71.8 Å². The fourth-order valence-electron chi connectivity index (χ4n) is 3.27. The zero-order chi connectivity index (χ0) is 16.9. The van der Waals surface area contributed by atoms with Crippen LogP contribution in [0.1, 0.15) is 17.2 Å². The third kappa shape index (κ3) is 3.60. The van der Waals surface area contributed by atoms with E-state index in [-0.39, 0.29) is 12.6 Å². The number of likely N-dealkylation sites (N-methyl/N-ethyl adjacent to an activating group) is 2. The van der Waals surface area contributed by atoms with Gasteiger partial charge in [-0.25, -0.2) is 4.99 Å². The lowest BCUT2D eigenvalue weighted by atomic mass is 10.1. The van der Waals surface area contributed by atoms with Gasteiger partial charge in [-0.1, -0.05) is 60.7 Å². The summed E-state index contributed by atoms with van der Waals surface area (Å²) in [5, 5.41) is 9.76. The van der Waals surface area contributed by atoms with Crippen LogP contribution in [-0.2, 0) is 6.42 Å². The Hall–Kier alpha value is -2.33. The maximum absolute atomic E-state index is 9.76. The van der Waals surface area contributed by atoms with Crippen LogP contribution in [-0.4, -0.2) is 54.2 Å². The average Bonchev–Trinajstić information content (AvgIpc) is 2.91. The summed E-state index contributed by atoms with van der Waals surface area (Å²) in [6.07, 6.45) is 0.749. The summed E-state index contributed by atoms with van der Waals surface area (Å²) in [6.45, 7) is 0.957. The molecule has 0 aliphatic carbocycles. The molecule has 0 spiro atoms. The molecular weight excluding hydrogens is 298 g/mol. The predicted octanol–water partition coefficient (Wildman–Crippen LogP) is 2.56. The number of benzene rings is 2. The van der Waals surface area contributed by atoms with Crippen LogP contribution in [0.2, 0.25) is 0 Å². The van der Waals surface area contributed by atoms with Crippen LogP contribution >= 0.6 is 0 Å². The Morgan fingerprint density at radius 3 is 2.29 bits per heavy atom. The molecule has 0 aromatic heterocycles. The van der Waals surface area contributed by atoms with Gasteiger partial charge in [-0.2, -0.15) is 0 Å². The molecule has 3 rings (SSSR count). The first kappa shape index (κ1) is 16.5. The third-order valence-corrected chi connectivity index (χ3v) is 4.58. The highest BCUT2D eigenvalue weighted by Crippen LogP contribution is 2.27. The summed E-state index contributed by atoms with van der Waals surface area (Å²) in [4.78, 5) is 9.23.